The molecule has 3 aromatic carbocycles. The number of nitrogens with one attached hydrogen (secondary N) is 2. The number of fused-ring (bicyclic) bond motifs is 1. The molecule has 17 heteroatoms. The molecule has 0 radical (unpaired) electrons. The van der Waals surface area contributed by atoms with E-state index >= 15 is 0 Å². The fourth-order valence-electron chi connectivity index (χ4n) is 9.46. The van der Waals surface area contributed by atoms with Crippen LogP contribution in [0.2, 0.25) is 0 Å². The van der Waals surface area contributed by atoms with E-state index in [0.717, 1.165) is 56.4 Å². The van der Waals surface area contributed by atoms with E-state index in [1.165, 1.54) is 12.0 Å². The van der Waals surface area contributed by atoms with Crippen molar-refractivity contribution >= 4 is 41.1 Å². The van der Waals surface area contributed by atoms with Crippen molar-refractivity contribution in [3.8, 4) is 11.3 Å². The normalized spacial score (nSPS) is 16.0. The van der Waals surface area contributed by atoms with Gasteiger partial charge in [-0.2, -0.15) is 0 Å². The predicted molar refractivity (Wildman–Crippen MR) is 286 cm³/mol. The van der Waals surface area contributed by atoms with Gasteiger partial charge in [-0.25, -0.2) is 4.79 Å². The van der Waals surface area contributed by atoms with E-state index in [1.54, 1.807) is 66.5 Å². The van der Waals surface area contributed by atoms with Crippen LogP contribution in [0.4, 0.5) is 16.2 Å². The Balaban J connectivity index is 0.856. The molecule has 1 atom stereocenters. The molecular weight excluding hydrogens is 941 g/mol. The van der Waals surface area contributed by atoms with Gasteiger partial charge in [0.15, 0.2) is 0 Å². The lowest BCUT2D eigenvalue weighted by atomic mass is 9.87. The second-order valence-corrected chi connectivity index (χ2v) is 20.3. The first kappa shape index (κ1) is 55.4. The van der Waals surface area contributed by atoms with E-state index in [4.69, 9.17) is 23.9 Å². The number of esters is 1. The van der Waals surface area contributed by atoms with Crippen LogP contribution in [0.1, 0.15) is 108 Å². The molecule has 2 N–H and O–H groups in total. The van der Waals surface area contributed by atoms with Crippen LogP contribution in [0.15, 0.2) is 85.1 Å². The molecule has 0 bridgehead atoms. The first-order valence-electron chi connectivity index (χ1n) is 26.3. The Labute approximate surface area is 436 Å². The number of carbonyl (C=O) groups is 5. The average Bonchev–Trinajstić information content (AvgIpc) is 3.41. The molecule has 7 rings (SSSR count). The molecule has 74 heavy (non-hydrogen) atoms. The highest BCUT2D eigenvalue weighted by Crippen LogP contribution is 2.34. The Morgan fingerprint density at radius 1 is 0.689 bits per heavy atom. The Morgan fingerprint density at radius 2 is 1.39 bits per heavy atom. The molecule has 0 spiro atoms. The molecule has 17 nitrogen and oxygen atoms in total. The number of piperidine rings is 1. The lowest BCUT2D eigenvalue weighted by molar-refractivity contribution is -0.156. The molecule has 4 aromatic rings. The summed E-state index contributed by atoms with van der Waals surface area (Å²) in [4.78, 5) is 81.0. The van der Waals surface area contributed by atoms with Gasteiger partial charge in [0, 0.05) is 107 Å². The minimum Gasteiger partial charge on any atom is -0.460 e. The third kappa shape index (κ3) is 16.3. The summed E-state index contributed by atoms with van der Waals surface area (Å²) in [7, 11) is 3.53. The van der Waals surface area contributed by atoms with Crippen molar-refractivity contribution < 1.29 is 42.9 Å². The average molecular weight is 1020 g/mol. The molecule has 398 valence electrons. The molecule has 0 saturated carbocycles. The van der Waals surface area contributed by atoms with Gasteiger partial charge in [-0.05, 0) is 119 Å². The lowest BCUT2D eigenvalue weighted by Crippen LogP contribution is -2.53. The summed E-state index contributed by atoms with van der Waals surface area (Å²) in [6, 6.07) is 24.4. The molecule has 2 aliphatic heterocycles. The summed E-state index contributed by atoms with van der Waals surface area (Å²) in [6.45, 7) is 13.6. The third-order valence-corrected chi connectivity index (χ3v) is 13.6. The summed E-state index contributed by atoms with van der Waals surface area (Å²) in [5, 5.41) is 6.38. The number of aryl methyl sites for hydroxylation is 1. The van der Waals surface area contributed by atoms with E-state index in [-0.39, 0.29) is 48.8 Å². The third-order valence-electron chi connectivity index (χ3n) is 13.6. The van der Waals surface area contributed by atoms with E-state index in [0.29, 0.717) is 112 Å². The largest absolute Gasteiger partial charge is 0.460 e. The second-order valence-electron chi connectivity index (χ2n) is 20.3. The monoisotopic (exact) mass is 1020 g/mol. The van der Waals surface area contributed by atoms with E-state index in [1.807, 2.05) is 56.0 Å². The highest BCUT2D eigenvalue weighted by Gasteiger charge is 2.26. The zero-order valence-corrected chi connectivity index (χ0v) is 44.1. The number of hydrogen-bond donors (Lipinski definition) is 2. The van der Waals surface area contributed by atoms with Crippen molar-refractivity contribution in [3.63, 3.8) is 0 Å². The van der Waals surface area contributed by atoms with E-state index in [2.05, 4.69) is 32.6 Å². The number of likely N-dealkylation sites (N-methyl/N-ethyl adjacent to an activating group) is 2. The van der Waals surface area contributed by atoms with Crippen LogP contribution in [0, 0.1) is 0 Å². The first-order chi connectivity index (χ1) is 35.7. The van der Waals surface area contributed by atoms with Crippen molar-refractivity contribution in [2.75, 3.05) is 123 Å². The maximum absolute atomic E-state index is 14.1. The number of carbonyl (C=O) groups excluding carboxylic acids is 5. The number of hydrogen-bond acceptors (Lipinski definition) is 12. The number of ether oxygens (including phenoxy) is 4. The number of anilines is 2. The highest BCUT2D eigenvalue weighted by atomic mass is 16.6. The van der Waals surface area contributed by atoms with Crippen molar-refractivity contribution in [2.45, 2.75) is 77.4 Å². The van der Waals surface area contributed by atoms with Gasteiger partial charge < -0.3 is 49.2 Å². The summed E-state index contributed by atoms with van der Waals surface area (Å²) >= 11 is 0. The molecule has 3 heterocycles. The maximum Gasteiger partial charge on any atom is 0.319 e. The van der Waals surface area contributed by atoms with Gasteiger partial charge in [0.1, 0.15) is 5.60 Å². The van der Waals surface area contributed by atoms with Crippen LogP contribution in [0.25, 0.3) is 11.3 Å². The zero-order valence-electron chi connectivity index (χ0n) is 44.1. The Kier molecular flexibility index (Phi) is 20.4. The lowest BCUT2D eigenvalue weighted by Gasteiger charge is -2.37. The van der Waals surface area contributed by atoms with Gasteiger partial charge in [0.25, 0.3) is 17.7 Å². The molecule has 1 aromatic heterocycles. The number of urea groups is 1. The molecule has 2 saturated heterocycles. The molecule has 1 aliphatic carbocycles. The second kappa shape index (κ2) is 27.2. The van der Waals surface area contributed by atoms with Crippen LogP contribution >= 0.6 is 0 Å². The minimum absolute atomic E-state index is 0.0538. The van der Waals surface area contributed by atoms with Crippen molar-refractivity contribution in [3.05, 3.63) is 113 Å². The van der Waals surface area contributed by atoms with Crippen molar-refractivity contribution in [1.82, 2.24) is 29.9 Å². The van der Waals surface area contributed by atoms with Gasteiger partial charge >= 0.3 is 12.0 Å². The maximum atomic E-state index is 14.1. The molecule has 0 unspecified atom stereocenters. The van der Waals surface area contributed by atoms with Gasteiger partial charge in [-0.3, -0.25) is 29.1 Å². The number of aromatic nitrogens is 1. The summed E-state index contributed by atoms with van der Waals surface area (Å²) in [6.07, 6.45) is 8.12. The van der Waals surface area contributed by atoms with Crippen LogP contribution in [-0.4, -0.2) is 173 Å². The number of pyridine rings is 1. The highest BCUT2D eigenvalue weighted by molar-refractivity contribution is 6.08. The van der Waals surface area contributed by atoms with Crippen LogP contribution in [0.3, 0.4) is 0 Å². The van der Waals surface area contributed by atoms with Gasteiger partial charge in [0.05, 0.1) is 63.5 Å². The number of amides is 5. The number of piperazine rings is 1. The number of rotatable bonds is 22. The standard InChI is InChI=1S/C57H76N8O9/c1-57(2,3)74-52(66)22-33-71-35-37-73-38-36-72-34-32-62(5)56(70)65-30-28-63(29-31-65)27-26-61(4)55(69)45-16-11-15-43(39-45)53(67)60-50-20-19-46(64-24-9-6-10-25-64)41-48(50)51-40-44(21-23-58-51)54(68)59-49-18-12-14-42-13-7-8-17-47(42)49/h7-8,11,13,15-17,19-21,23,39-41,49H,6,9-10,12,14,18,22,24-38H2,1-5H3,(H,59,68)(H,60,67)/t49-/m0/s1. The number of benzene rings is 3. The van der Waals surface area contributed by atoms with Crippen molar-refractivity contribution in [1.29, 1.82) is 0 Å². The Hall–Kier alpha value is -6.40. The predicted octanol–water partition coefficient (Wildman–Crippen LogP) is 7.32. The molecular formula is C57H76N8O9. The number of nitrogens with zero attached hydrogens (tertiary/aromatic N) is 6. The van der Waals surface area contributed by atoms with E-state index < -0.39 is 5.60 Å². The molecule has 2 fully saturated rings. The smallest absolute Gasteiger partial charge is 0.319 e. The van der Waals surface area contributed by atoms with E-state index in [9.17, 15) is 24.0 Å². The zero-order chi connectivity index (χ0) is 52.5. The van der Waals surface area contributed by atoms with Crippen LogP contribution in [-0.2, 0) is 30.2 Å². The van der Waals surface area contributed by atoms with Crippen LogP contribution in [0.5, 0.6) is 0 Å². The molecule has 3 aliphatic rings. The SMILES string of the molecule is CN(CCN1CCN(C(=O)N(C)CCOCCOCCOCCC(=O)OC(C)(C)C)CC1)C(=O)c1cccc(C(=O)Nc2ccc(N3CCCCC3)cc2-c2cc(C(=O)N[C@H]3CCCc4ccccc43)ccn2)c1. The van der Waals surface area contributed by atoms with Crippen LogP contribution < -0.4 is 15.5 Å². The molecule has 5 amide bonds. The summed E-state index contributed by atoms with van der Waals surface area (Å²) in [5.74, 6) is -1.04. The topological polar surface area (TPSA) is 175 Å². The quantitative estimate of drug-likeness (QED) is 0.0594. The fourth-order valence-corrected chi connectivity index (χ4v) is 9.46. The fraction of sp³-hybridized carbons (Fsp3) is 0.509. The summed E-state index contributed by atoms with van der Waals surface area (Å²) in [5.41, 5.74) is 5.98. The van der Waals surface area contributed by atoms with Crippen molar-refractivity contribution in [2.24, 2.45) is 0 Å². The first-order valence-corrected chi connectivity index (χ1v) is 26.3. The van der Waals surface area contributed by atoms with Gasteiger partial charge in [-0.15, -0.1) is 0 Å². The van der Waals surface area contributed by atoms with Gasteiger partial charge in [-0.1, -0.05) is 30.3 Å². The Bertz CT molecular complexity index is 2520. The Morgan fingerprint density at radius 3 is 2.15 bits per heavy atom. The minimum atomic E-state index is -0.510. The summed E-state index contributed by atoms with van der Waals surface area (Å²) < 4.78 is 21.9. The van der Waals surface area contributed by atoms with Gasteiger partial charge in [0.2, 0.25) is 0 Å².